The molecule has 2 heterocycles. The Balaban J connectivity index is 2.91. The molecule has 3 nitrogen and oxygen atoms in total. The van der Waals surface area contributed by atoms with Crippen LogP contribution in [0.4, 0.5) is 0 Å². The molecule has 0 atom stereocenters. The molecule has 0 aromatic carbocycles. The summed E-state index contributed by atoms with van der Waals surface area (Å²) >= 11 is 0. The maximum Gasteiger partial charge on any atom is 0.141 e. The largest absolute Gasteiger partial charge is 0.349 e. The number of aromatic nitrogens is 2. The molecule has 0 aliphatic heterocycles. The first-order valence-electron chi connectivity index (χ1n) is 4.25. The summed E-state index contributed by atoms with van der Waals surface area (Å²) in [5.74, 6) is 0. The van der Waals surface area contributed by atoms with Crippen molar-refractivity contribution in [2.45, 2.75) is 0 Å². The molecule has 2 aromatic rings. The Morgan fingerprint density at radius 1 is 1.64 bits per heavy atom. The smallest absolute Gasteiger partial charge is 0.141 e. The van der Waals surface area contributed by atoms with Crippen molar-refractivity contribution in [1.29, 1.82) is 5.26 Å². The van der Waals surface area contributed by atoms with E-state index in [0.29, 0.717) is 5.69 Å². The minimum absolute atomic E-state index is 0.429. The van der Waals surface area contributed by atoms with Gasteiger partial charge in [-0.25, -0.2) is 4.98 Å². The quantitative estimate of drug-likeness (QED) is 0.679. The van der Waals surface area contributed by atoms with Crippen molar-refractivity contribution in [3.63, 3.8) is 0 Å². The molecule has 0 saturated carbocycles. The highest BCUT2D eigenvalue weighted by Gasteiger charge is 2.05. The fraction of sp³-hybridized carbons (Fsp3) is 0.0909. The van der Waals surface area contributed by atoms with Gasteiger partial charge in [0.25, 0.3) is 0 Å². The van der Waals surface area contributed by atoms with Crippen molar-refractivity contribution in [2.75, 3.05) is 0 Å². The minimum atomic E-state index is 0.429. The third-order valence-electron chi connectivity index (χ3n) is 2.19. The molecule has 0 bridgehead atoms. The van der Waals surface area contributed by atoms with E-state index in [1.165, 1.54) is 0 Å². The summed E-state index contributed by atoms with van der Waals surface area (Å²) in [5.41, 5.74) is 3.22. The normalized spacial score (nSPS) is 10.0. The third kappa shape index (κ3) is 1.09. The first-order valence-corrected chi connectivity index (χ1v) is 4.25. The number of hydrogen-bond donors (Lipinski definition) is 0. The zero-order chi connectivity index (χ0) is 10.1. The molecule has 0 aliphatic carbocycles. The molecule has 0 fully saturated rings. The Labute approximate surface area is 81.9 Å². The van der Waals surface area contributed by atoms with Crippen LogP contribution in [0, 0.1) is 11.3 Å². The van der Waals surface area contributed by atoms with E-state index in [0.717, 1.165) is 16.6 Å². The van der Waals surface area contributed by atoms with Crippen LogP contribution in [0.5, 0.6) is 0 Å². The molecule has 68 valence electrons. The van der Waals surface area contributed by atoms with E-state index in [4.69, 9.17) is 5.26 Å². The Bertz CT molecular complexity index is 543. The molecule has 0 amide bonds. The Kier molecular flexibility index (Phi) is 1.83. The predicted octanol–water partition coefficient (Wildman–Crippen LogP) is 2.09. The van der Waals surface area contributed by atoms with Gasteiger partial charge in [-0.05, 0) is 12.1 Å². The third-order valence-corrected chi connectivity index (χ3v) is 2.19. The first kappa shape index (κ1) is 8.52. The number of fused-ring (bicyclic) bond motifs is 1. The van der Waals surface area contributed by atoms with Crippen LogP contribution in [0.1, 0.15) is 11.3 Å². The molecule has 0 radical (unpaired) electrons. The Morgan fingerprint density at radius 2 is 2.43 bits per heavy atom. The van der Waals surface area contributed by atoms with E-state index in [2.05, 4.69) is 11.6 Å². The van der Waals surface area contributed by atoms with Gasteiger partial charge in [-0.3, -0.25) is 0 Å². The lowest BCUT2D eigenvalue weighted by atomic mass is 10.2. The van der Waals surface area contributed by atoms with Crippen molar-refractivity contribution in [1.82, 2.24) is 9.55 Å². The number of nitriles is 1. The van der Waals surface area contributed by atoms with Crippen LogP contribution in [0.3, 0.4) is 0 Å². The van der Waals surface area contributed by atoms with E-state index in [-0.39, 0.29) is 0 Å². The summed E-state index contributed by atoms with van der Waals surface area (Å²) in [6.07, 6.45) is 3.66. The van der Waals surface area contributed by atoms with Gasteiger partial charge in [-0.2, -0.15) is 5.26 Å². The Hall–Kier alpha value is -2.08. The topological polar surface area (TPSA) is 41.6 Å². The lowest BCUT2D eigenvalue weighted by Gasteiger charge is -2.01. The molecule has 0 N–H and O–H groups in total. The van der Waals surface area contributed by atoms with E-state index < -0.39 is 0 Å². The highest BCUT2D eigenvalue weighted by molar-refractivity contribution is 5.85. The minimum Gasteiger partial charge on any atom is -0.349 e. The average molecular weight is 183 g/mol. The zero-order valence-electron chi connectivity index (χ0n) is 7.86. The fourth-order valence-electron chi connectivity index (χ4n) is 1.55. The molecular formula is C11H9N3. The van der Waals surface area contributed by atoms with Gasteiger partial charge in [0.2, 0.25) is 0 Å². The second kappa shape index (κ2) is 3.00. The number of nitrogens with zero attached hydrogens (tertiary/aromatic N) is 3. The Morgan fingerprint density at radius 3 is 3.07 bits per heavy atom. The van der Waals surface area contributed by atoms with Crippen molar-refractivity contribution >= 4 is 17.1 Å². The van der Waals surface area contributed by atoms with Crippen molar-refractivity contribution in [3.8, 4) is 6.07 Å². The number of pyridine rings is 1. The monoisotopic (exact) mass is 183 g/mol. The van der Waals surface area contributed by atoms with Crippen molar-refractivity contribution in [2.24, 2.45) is 7.05 Å². The molecule has 2 aromatic heterocycles. The van der Waals surface area contributed by atoms with Gasteiger partial charge in [0.15, 0.2) is 0 Å². The van der Waals surface area contributed by atoms with Gasteiger partial charge >= 0.3 is 0 Å². The van der Waals surface area contributed by atoms with Gasteiger partial charge < -0.3 is 4.57 Å². The van der Waals surface area contributed by atoms with Gasteiger partial charge in [-0.15, -0.1) is 0 Å². The van der Waals surface area contributed by atoms with Crippen LogP contribution in [0.25, 0.3) is 17.1 Å². The predicted molar refractivity (Wildman–Crippen MR) is 55.5 cm³/mol. The van der Waals surface area contributed by atoms with Crippen LogP contribution in [-0.4, -0.2) is 9.55 Å². The molecular weight excluding hydrogens is 174 g/mol. The van der Waals surface area contributed by atoms with E-state index in [1.807, 2.05) is 29.9 Å². The molecule has 0 spiro atoms. The molecule has 0 saturated heterocycles. The van der Waals surface area contributed by atoms with Gasteiger partial charge in [0.05, 0.1) is 11.0 Å². The number of aryl methyl sites for hydroxylation is 1. The van der Waals surface area contributed by atoms with Gasteiger partial charge in [0.1, 0.15) is 11.8 Å². The fourth-order valence-corrected chi connectivity index (χ4v) is 1.55. The lowest BCUT2D eigenvalue weighted by molar-refractivity contribution is 0.967. The molecule has 0 aliphatic rings. The second-order valence-electron chi connectivity index (χ2n) is 3.07. The SMILES string of the molecule is C=Cc1cc(C#N)nc2ccn(C)c12. The summed E-state index contributed by atoms with van der Waals surface area (Å²) in [6, 6.07) is 5.67. The summed E-state index contributed by atoms with van der Waals surface area (Å²) in [5, 5.41) is 8.77. The van der Waals surface area contributed by atoms with E-state index in [9.17, 15) is 0 Å². The van der Waals surface area contributed by atoms with Crippen molar-refractivity contribution < 1.29 is 0 Å². The standard InChI is InChI=1S/C11H9N3/c1-3-8-6-9(7-12)13-10-4-5-14(2)11(8)10/h3-6H,1H2,2H3. The van der Waals surface area contributed by atoms with Crippen LogP contribution in [-0.2, 0) is 7.05 Å². The highest BCUT2D eigenvalue weighted by Crippen LogP contribution is 2.19. The summed E-state index contributed by atoms with van der Waals surface area (Å²) < 4.78 is 1.97. The van der Waals surface area contributed by atoms with E-state index in [1.54, 1.807) is 12.1 Å². The number of hydrogen-bond acceptors (Lipinski definition) is 2. The zero-order valence-corrected chi connectivity index (χ0v) is 7.86. The molecule has 2 rings (SSSR count). The van der Waals surface area contributed by atoms with Gasteiger partial charge in [-0.1, -0.05) is 12.7 Å². The van der Waals surface area contributed by atoms with Crippen LogP contribution >= 0.6 is 0 Å². The second-order valence-corrected chi connectivity index (χ2v) is 3.07. The van der Waals surface area contributed by atoms with Crippen LogP contribution in [0.2, 0.25) is 0 Å². The van der Waals surface area contributed by atoms with Gasteiger partial charge in [0, 0.05) is 18.8 Å². The molecule has 14 heavy (non-hydrogen) atoms. The van der Waals surface area contributed by atoms with Crippen LogP contribution in [0.15, 0.2) is 24.9 Å². The van der Waals surface area contributed by atoms with E-state index >= 15 is 0 Å². The maximum atomic E-state index is 8.77. The average Bonchev–Trinajstić information content (AvgIpc) is 2.59. The van der Waals surface area contributed by atoms with Crippen molar-refractivity contribution in [3.05, 3.63) is 36.2 Å². The first-order chi connectivity index (χ1) is 6.76. The molecule has 0 unspecified atom stereocenters. The molecule has 3 heteroatoms. The highest BCUT2D eigenvalue weighted by atomic mass is 14.9. The lowest BCUT2D eigenvalue weighted by Crippen LogP contribution is -1.91. The summed E-state index contributed by atoms with van der Waals surface area (Å²) in [7, 11) is 1.95. The summed E-state index contributed by atoms with van der Waals surface area (Å²) in [4.78, 5) is 4.19. The maximum absolute atomic E-state index is 8.77. The summed E-state index contributed by atoms with van der Waals surface area (Å²) in [6.45, 7) is 3.73. The van der Waals surface area contributed by atoms with Crippen LogP contribution < -0.4 is 0 Å². The number of rotatable bonds is 1.